The predicted molar refractivity (Wildman–Crippen MR) is 69.6 cm³/mol. The van der Waals surface area contributed by atoms with E-state index in [2.05, 4.69) is 36.8 Å². The van der Waals surface area contributed by atoms with Crippen LogP contribution in [0.25, 0.3) is 0 Å². The number of nitrogens with zero attached hydrogens (tertiary/aromatic N) is 2. The lowest BCUT2D eigenvalue weighted by Gasteiger charge is -2.20. The van der Waals surface area contributed by atoms with Gasteiger partial charge >= 0.3 is 0 Å². The summed E-state index contributed by atoms with van der Waals surface area (Å²) < 4.78 is 0. The highest BCUT2D eigenvalue weighted by atomic mass is 15.1. The quantitative estimate of drug-likeness (QED) is 0.831. The van der Waals surface area contributed by atoms with E-state index in [-0.39, 0.29) is 6.04 Å². The molecule has 1 heterocycles. The molecule has 0 aliphatic rings. The first-order valence-electron chi connectivity index (χ1n) is 5.93. The van der Waals surface area contributed by atoms with E-state index in [1.807, 2.05) is 19.2 Å². The highest BCUT2D eigenvalue weighted by molar-refractivity contribution is 5.43. The largest absolute Gasteiger partial charge is 0.373 e. The molecule has 0 spiro atoms. The summed E-state index contributed by atoms with van der Waals surface area (Å²) in [7, 11) is 2.10. The molecular weight excluding hydrogens is 198 g/mol. The second-order valence-corrected chi connectivity index (χ2v) is 4.83. The van der Waals surface area contributed by atoms with Gasteiger partial charge in [0.2, 0.25) is 0 Å². The minimum absolute atomic E-state index is 0.00928. The van der Waals surface area contributed by atoms with Crippen LogP contribution in [0.15, 0.2) is 18.3 Å². The predicted octanol–water partition coefficient (Wildman–Crippen LogP) is 2.58. The van der Waals surface area contributed by atoms with Gasteiger partial charge in [-0.2, -0.15) is 0 Å². The van der Waals surface area contributed by atoms with Gasteiger partial charge in [0, 0.05) is 19.6 Å². The Kier molecular flexibility index (Phi) is 4.74. The summed E-state index contributed by atoms with van der Waals surface area (Å²) in [5, 5.41) is 0. The van der Waals surface area contributed by atoms with Crippen LogP contribution in [0.5, 0.6) is 0 Å². The van der Waals surface area contributed by atoms with Crippen molar-refractivity contribution in [3.8, 4) is 0 Å². The lowest BCUT2D eigenvalue weighted by molar-refractivity contribution is 0.585. The first-order valence-corrected chi connectivity index (χ1v) is 5.93. The van der Waals surface area contributed by atoms with Crippen molar-refractivity contribution in [2.24, 2.45) is 11.7 Å². The molecule has 0 radical (unpaired) electrons. The molecule has 1 aromatic heterocycles. The van der Waals surface area contributed by atoms with E-state index in [1.165, 1.54) is 6.42 Å². The Morgan fingerprint density at radius 3 is 2.44 bits per heavy atom. The molecule has 0 amide bonds. The lowest BCUT2D eigenvalue weighted by atomic mass is 10.1. The maximum atomic E-state index is 5.76. The van der Waals surface area contributed by atoms with E-state index in [9.17, 15) is 0 Å². The van der Waals surface area contributed by atoms with Crippen molar-refractivity contribution >= 4 is 5.69 Å². The number of aromatic nitrogens is 1. The summed E-state index contributed by atoms with van der Waals surface area (Å²) in [5.41, 5.74) is 7.87. The molecule has 1 atom stereocenters. The number of hydrogen-bond donors (Lipinski definition) is 1. The second-order valence-electron chi connectivity index (χ2n) is 4.83. The number of nitrogens with two attached hydrogens (primary N) is 1. The van der Waals surface area contributed by atoms with Gasteiger partial charge in [0.05, 0.1) is 17.6 Å². The molecule has 0 unspecified atom stereocenters. The van der Waals surface area contributed by atoms with E-state index in [0.29, 0.717) is 0 Å². The molecule has 90 valence electrons. The summed E-state index contributed by atoms with van der Waals surface area (Å²) >= 11 is 0. The highest BCUT2D eigenvalue weighted by Gasteiger charge is 2.04. The zero-order valence-electron chi connectivity index (χ0n) is 10.8. The zero-order valence-corrected chi connectivity index (χ0v) is 10.8. The van der Waals surface area contributed by atoms with Crippen LogP contribution in [0.3, 0.4) is 0 Å². The van der Waals surface area contributed by atoms with Crippen molar-refractivity contribution in [2.75, 3.05) is 18.5 Å². The van der Waals surface area contributed by atoms with Gasteiger partial charge in [0.25, 0.3) is 0 Å². The summed E-state index contributed by atoms with van der Waals surface area (Å²) in [6.07, 6.45) is 3.10. The maximum Gasteiger partial charge on any atom is 0.0569 e. The first kappa shape index (κ1) is 13.0. The Bertz CT molecular complexity index is 303. The monoisotopic (exact) mass is 221 g/mol. The first-order chi connectivity index (χ1) is 7.50. The van der Waals surface area contributed by atoms with Crippen LogP contribution in [-0.4, -0.2) is 18.6 Å². The van der Waals surface area contributed by atoms with Gasteiger partial charge in [-0.3, -0.25) is 4.98 Å². The molecule has 0 saturated carbocycles. The molecule has 3 heteroatoms. The fraction of sp³-hybridized carbons (Fsp3) is 0.615. The molecule has 0 aliphatic carbocycles. The van der Waals surface area contributed by atoms with Crippen molar-refractivity contribution in [1.82, 2.24) is 4.98 Å². The zero-order chi connectivity index (χ0) is 12.1. The second kappa shape index (κ2) is 5.85. The smallest absolute Gasteiger partial charge is 0.0569 e. The molecule has 16 heavy (non-hydrogen) atoms. The van der Waals surface area contributed by atoms with Crippen LogP contribution in [-0.2, 0) is 0 Å². The Morgan fingerprint density at radius 1 is 1.31 bits per heavy atom. The van der Waals surface area contributed by atoms with Crippen LogP contribution < -0.4 is 10.6 Å². The summed E-state index contributed by atoms with van der Waals surface area (Å²) in [6.45, 7) is 7.50. The normalized spacial score (nSPS) is 12.9. The Hall–Kier alpha value is -1.09. The molecule has 1 aromatic rings. The van der Waals surface area contributed by atoms with Gasteiger partial charge in [-0.1, -0.05) is 13.8 Å². The molecule has 3 nitrogen and oxygen atoms in total. The minimum Gasteiger partial charge on any atom is -0.373 e. The molecule has 0 fully saturated rings. The molecule has 0 aliphatic heterocycles. The fourth-order valence-electron chi connectivity index (χ4n) is 1.47. The van der Waals surface area contributed by atoms with Crippen LogP contribution in [0, 0.1) is 5.92 Å². The third-order valence-electron chi connectivity index (χ3n) is 2.72. The van der Waals surface area contributed by atoms with Crippen LogP contribution in [0.2, 0.25) is 0 Å². The topological polar surface area (TPSA) is 42.1 Å². The molecule has 2 N–H and O–H groups in total. The van der Waals surface area contributed by atoms with Crippen LogP contribution in [0.4, 0.5) is 5.69 Å². The summed E-state index contributed by atoms with van der Waals surface area (Å²) in [6, 6.07) is 4.10. The number of anilines is 1. The summed E-state index contributed by atoms with van der Waals surface area (Å²) in [4.78, 5) is 6.59. The van der Waals surface area contributed by atoms with E-state index < -0.39 is 0 Å². The number of hydrogen-bond acceptors (Lipinski definition) is 3. The van der Waals surface area contributed by atoms with Crippen LogP contribution in [0.1, 0.15) is 38.9 Å². The average Bonchev–Trinajstić information content (AvgIpc) is 2.26. The molecule has 0 saturated heterocycles. The van der Waals surface area contributed by atoms with Crippen molar-refractivity contribution in [2.45, 2.75) is 33.2 Å². The van der Waals surface area contributed by atoms with Gasteiger partial charge in [-0.05, 0) is 31.4 Å². The lowest BCUT2D eigenvalue weighted by Crippen LogP contribution is -2.20. The SMILES string of the molecule is CC(C)CCN(C)c1ccc([C@@H](C)N)nc1. The maximum absolute atomic E-state index is 5.76. The van der Waals surface area contributed by atoms with Gasteiger partial charge in [0.15, 0.2) is 0 Å². The van der Waals surface area contributed by atoms with E-state index in [1.54, 1.807) is 0 Å². The van der Waals surface area contributed by atoms with Crippen molar-refractivity contribution < 1.29 is 0 Å². The Balaban J connectivity index is 2.59. The fourth-order valence-corrected chi connectivity index (χ4v) is 1.47. The molecular formula is C13H23N3. The van der Waals surface area contributed by atoms with Crippen molar-refractivity contribution in [3.05, 3.63) is 24.0 Å². The number of pyridine rings is 1. The minimum atomic E-state index is 0.00928. The Labute approximate surface area is 98.7 Å². The van der Waals surface area contributed by atoms with E-state index in [0.717, 1.165) is 23.8 Å². The molecule has 1 rings (SSSR count). The van der Waals surface area contributed by atoms with Gasteiger partial charge in [-0.15, -0.1) is 0 Å². The van der Waals surface area contributed by atoms with Crippen LogP contribution >= 0.6 is 0 Å². The van der Waals surface area contributed by atoms with Gasteiger partial charge in [0.1, 0.15) is 0 Å². The third kappa shape index (κ3) is 3.81. The summed E-state index contributed by atoms with van der Waals surface area (Å²) in [5.74, 6) is 0.735. The third-order valence-corrected chi connectivity index (χ3v) is 2.72. The van der Waals surface area contributed by atoms with E-state index >= 15 is 0 Å². The van der Waals surface area contributed by atoms with Gasteiger partial charge < -0.3 is 10.6 Å². The molecule has 0 bridgehead atoms. The Morgan fingerprint density at radius 2 is 2.00 bits per heavy atom. The standard InChI is InChI=1S/C13H23N3/c1-10(2)7-8-16(4)12-5-6-13(11(3)14)15-9-12/h5-6,9-11H,7-8,14H2,1-4H3/t11-/m1/s1. The van der Waals surface area contributed by atoms with Crippen molar-refractivity contribution in [3.63, 3.8) is 0 Å². The highest BCUT2D eigenvalue weighted by Crippen LogP contribution is 2.15. The average molecular weight is 221 g/mol. The molecule has 0 aromatic carbocycles. The van der Waals surface area contributed by atoms with E-state index in [4.69, 9.17) is 5.73 Å². The van der Waals surface area contributed by atoms with Gasteiger partial charge in [-0.25, -0.2) is 0 Å². The van der Waals surface area contributed by atoms with Crippen molar-refractivity contribution in [1.29, 1.82) is 0 Å². The number of rotatable bonds is 5.